The van der Waals surface area contributed by atoms with Gasteiger partial charge in [-0.2, -0.15) is 5.26 Å². The van der Waals surface area contributed by atoms with Gasteiger partial charge in [-0.15, -0.1) is 0 Å². The highest BCUT2D eigenvalue weighted by atomic mass is 16.6. The van der Waals surface area contributed by atoms with Gasteiger partial charge in [0.25, 0.3) is 0 Å². The zero-order chi connectivity index (χ0) is 16.8. The second-order valence-corrected chi connectivity index (χ2v) is 4.25. The fourth-order valence-corrected chi connectivity index (χ4v) is 1.83. The Hall–Kier alpha value is -3.67. The Morgan fingerprint density at radius 1 is 1.26 bits per heavy atom. The van der Waals surface area contributed by atoms with E-state index in [4.69, 9.17) is 10.00 Å². The SMILES string of the molecule is N#CCOc1ccccc1C=Cc1[nH]c(=O)[nH]c(=O)c1[N+](=O)[O-]. The molecule has 2 rings (SSSR count). The first-order valence-corrected chi connectivity index (χ1v) is 6.30. The lowest BCUT2D eigenvalue weighted by atomic mass is 10.1. The summed E-state index contributed by atoms with van der Waals surface area (Å²) < 4.78 is 5.21. The van der Waals surface area contributed by atoms with Crippen molar-refractivity contribution in [2.24, 2.45) is 0 Å². The molecular formula is C14H10N4O5. The van der Waals surface area contributed by atoms with Crippen LogP contribution in [0.2, 0.25) is 0 Å². The number of para-hydroxylation sites is 1. The molecule has 1 aromatic heterocycles. The number of nitrogens with zero attached hydrogens (tertiary/aromatic N) is 2. The van der Waals surface area contributed by atoms with Gasteiger partial charge in [-0.1, -0.05) is 18.2 Å². The van der Waals surface area contributed by atoms with Crippen molar-refractivity contribution in [2.75, 3.05) is 6.61 Å². The molecule has 0 aliphatic heterocycles. The van der Waals surface area contributed by atoms with Crippen LogP contribution in [0.25, 0.3) is 12.2 Å². The van der Waals surface area contributed by atoms with Gasteiger partial charge in [-0.05, 0) is 18.2 Å². The summed E-state index contributed by atoms with van der Waals surface area (Å²) in [4.78, 5) is 36.8. The summed E-state index contributed by atoms with van der Waals surface area (Å²) in [5, 5.41) is 19.5. The molecule has 23 heavy (non-hydrogen) atoms. The number of nitro groups is 1. The molecule has 0 aliphatic rings. The predicted molar refractivity (Wildman–Crippen MR) is 80.8 cm³/mol. The summed E-state index contributed by atoms with van der Waals surface area (Å²) in [6.45, 7) is -0.160. The fraction of sp³-hybridized carbons (Fsp3) is 0.0714. The standard InChI is InChI=1S/C14H10N4O5/c15-7-8-23-11-4-2-1-3-9(11)5-6-10-12(18(21)22)13(19)17-14(20)16-10/h1-6H,8H2,(H2,16,17,19,20). The smallest absolute Gasteiger partial charge is 0.357 e. The van der Waals surface area contributed by atoms with Crippen LogP contribution < -0.4 is 16.0 Å². The summed E-state index contributed by atoms with van der Waals surface area (Å²) >= 11 is 0. The third kappa shape index (κ3) is 3.70. The van der Waals surface area contributed by atoms with E-state index in [2.05, 4.69) is 4.98 Å². The normalized spacial score (nSPS) is 10.4. The zero-order valence-corrected chi connectivity index (χ0v) is 11.6. The van der Waals surface area contributed by atoms with Crippen molar-refractivity contribution in [1.82, 2.24) is 9.97 Å². The molecule has 2 aromatic rings. The van der Waals surface area contributed by atoms with Crippen molar-refractivity contribution < 1.29 is 9.66 Å². The summed E-state index contributed by atoms with van der Waals surface area (Å²) in [5.74, 6) is 0.389. The molecule has 0 fully saturated rings. The van der Waals surface area contributed by atoms with Crippen LogP contribution in [0.3, 0.4) is 0 Å². The molecule has 0 aliphatic carbocycles. The average Bonchev–Trinajstić information content (AvgIpc) is 2.50. The van der Waals surface area contributed by atoms with Gasteiger partial charge in [0.2, 0.25) is 0 Å². The van der Waals surface area contributed by atoms with E-state index in [1.54, 1.807) is 29.2 Å². The average molecular weight is 314 g/mol. The van der Waals surface area contributed by atoms with Crippen LogP contribution in [0.5, 0.6) is 5.75 Å². The number of benzene rings is 1. The van der Waals surface area contributed by atoms with Crippen molar-refractivity contribution in [3.63, 3.8) is 0 Å². The Kier molecular flexibility index (Phi) is 4.69. The quantitative estimate of drug-likeness (QED) is 0.623. The second-order valence-electron chi connectivity index (χ2n) is 4.25. The van der Waals surface area contributed by atoms with Gasteiger partial charge in [0.05, 0.1) is 4.92 Å². The largest absolute Gasteiger partial charge is 0.478 e. The maximum absolute atomic E-state index is 11.5. The Morgan fingerprint density at radius 3 is 2.70 bits per heavy atom. The molecule has 0 atom stereocenters. The number of nitriles is 1. The van der Waals surface area contributed by atoms with E-state index in [1.165, 1.54) is 12.2 Å². The maximum Gasteiger partial charge on any atom is 0.357 e. The minimum absolute atomic E-state index is 0.160. The van der Waals surface area contributed by atoms with E-state index in [0.717, 1.165) is 0 Å². The van der Waals surface area contributed by atoms with Gasteiger partial charge >= 0.3 is 16.9 Å². The van der Waals surface area contributed by atoms with Crippen molar-refractivity contribution in [2.45, 2.75) is 0 Å². The van der Waals surface area contributed by atoms with Crippen LogP contribution >= 0.6 is 0 Å². The topological polar surface area (TPSA) is 142 Å². The van der Waals surface area contributed by atoms with Crippen molar-refractivity contribution in [3.8, 4) is 11.8 Å². The minimum Gasteiger partial charge on any atom is -0.478 e. The highest BCUT2D eigenvalue weighted by Crippen LogP contribution is 2.21. The molecule has 2 N–H and O–H groups in total. The van der Waals surface area contributed by atoms with E-state index in [1.807, 2.05) is 6.07 Å². The number of hydrogen-bond acceptors (Lipinski definition) is 6. The van der Waals surface area contributed by atoms with Gasteiger partial charge in [0, 0.05) is 5.56 Å². The Labute approximate surface area is 128 Å². The van der Waals surface area contributed by atoms with Gasteiger partial charge in [-0.3, -0.25) is 19.9 Å². The first kappa shape index (κ1) is 15.7. The molecular weight excluding hydrogens is 304 g/mol. The first-order valence-electron chi connectivity index (χ1n) is 6.30. The number of nitrogens with one attached hydrogen (secondary N) is 2. The third-order valence-corrected chi connectivity index (χ3v) is 2.77. The second kappa shape index (κ2) is 6.86. The summed E-state index contributed by atoms with van der Waals surface area (Å²) in [7, 11) is 0. The molecule has 0 spiro atoms. The van der Waals surface area contributed by atoms with E-state index in [0.29, 0.717) is 11.3 Å². The molecule has 0 amide bonds. The van der Waals surface area contributed by atoms with E-state index < -0.39 is 21.9 Å². The summed E-state index contributed by atoms with van der Waals surface area (Å²) in [6.07, 6.45) is 2.66. The Bertz CT molecular complexity index is 920. The van der Waals surface area contributed by atoms with Gasteiger partial charge in [0.1, 0.15) is 17.5 Å². The van der Waals surface area contributed by atoms with Crippen LogP contribution in [0, 0.1) is 21.4 Å². The fourth-order valence-electron chi connectivity index (χ4n) is 1.83. The highest BCUT2D eigenvalue weighted by Gasteiger charge is 2.18. The molecule has 0 radical (unpaired) electrons. The zero-order valence-electron chi connectivity index (χ0n) is 11.6. The van der Waals surface area contributed by atoms with Crippen LogP contribution in [0.1, 0.15) is 11.3 Å². The maximum atomic E-state index is 11.5. The number of aromatic amines is 2. The lowest BCUT2D eigenvalue weighted by molar-refractivity contribution is -0.386. The molecule has 9 heteroatoms. The van der Waals surface area contributed by atoms with Gasteiger partial charge in [-0.25, -0.2) is 4.79 Å². The third-order valence-electron chi connectivity index (χ3n) is 2.77. The molecule has 1 heterocycles. The van der Waals surface area contributed by atoms with Gasteiger partial charge < -0.3 is 9.72 Å². The van der Waals surface area contributed by atoms with E-state index >= 15 is 0 Å². The van der Waals surface area contributed by atoms with Crippen molar-refractivity contribution in [1.29, 1.82) is 5.26 Å². The lowest BCUT2D eigenvalue weighted by Gasteiger charge is -2.05. The molecule has 0 saturated heterocycles. The van der Waals surface area contributed by atoms with Crippen LogP contribution in [0.4, 0.5) is 5.69 Å². The number of ether oxygens (including phenoxy) is 1. The monoisotopic (exact) mass is 314 g/mol. The Balaban J connectivity index is 2.46. The first-order chi connectivity index (χ1) is 11.0. The molecule has 0 unspecified atom stereocenters. The number of H-pyrrole nitrogens is 2. The highest BCUT2D eigenvalue weighted by molar-refractivity contribution is 5.74. The molecule has 1 aromatic carbocycles. The lowest BCUT2D eigenvalue weighted by Crippen LogP contribution is -2.25. The minimum atomic E-state index is -1.09. The summed E-state index contributed by atoms with van der Waals surface area (Å²) in [5.41, 5.74) is -2.42. The van der Waals surface area contributed by atoms with Crippen molar-refractivity contribution in [3.05, 3.63) is 66.5 Å². The van der Waals surface area contributed by atoms with E-state index in [9.17, 15) is 19.7 Å². The molecule has 0 saturated carbocycles. The molecule has 0 bridgehead atoms. The van der Waals surface area contributed by atoms with Crippen LogP contribution in [-0.2, 0) is 0 Å². The molecule has 116 valence electrons. The molecule has 9 nitrogen and oxygen atoms in total. The number of aromatic nitrogens is 2. The number of hydrogen-bond donors (Lipinski definition) is 2. The Morgan fingerprint density at radius 2 is 2.00 bits per heavy atom. The predicted octanol–water partition coefficient (Wildman–Crippen LogP) is 1.04. The van der Waals surface area contributed by atoms with E-state index in [-0.39, 0.29) is 12.3 Å². The van der Waals surface area contributed by atoms with Crippen LogP contribution in [-0.4, -0.2) is 21.5 Å². The van der Waals surface area contributed by atoms with Gasteiger partial charge in [0.15, 0.2) is 6.61 Å². The summed E-state index contributed by atoms with van der Waals surface area (Å²) in [6, 6.07) is 8.50. The van der Waals surface area contributed by atoms with Crippen LogP contribution in [0.15, 0.2) is 33.9 Å². The van der Waals surface area contributed by atoms with Crippen molar-refractivity contribution >= 4 is 17.8 Å². The number of rotatable bonds is 5.